The van der Waals surface area contributed by atoms with Crippen molar-refractivity contribution in [1.82, 2.24) is 4.98 Å². The number of ketones is 1. The molecule has 1 N–H and O–H groups in total. The van der Waals surface area contributed by atoms with Crippen LogP contribution in [0.5, 0.6) is 5.75 Å². The Labute approximate surface area is 183 Å². The average molecular weight is 433 g/mol. The first kappa shape index (κ1) is 19.3. The van der Waals surface area contributed by atoms with Crippen LogP contribution in [0.25, 0.3) is 5.76 Å². The minimum absolute atomic E-state index is 0.0110. The third-order valence-corrected chi connectivity index (χ3v) is 5.73. The van der Waals surface area contributed by atoms with Gasteiger partial charge in [-0.2, -0.15) is 0 Å². The fraction of sp³-hybridized carbons (Fsp3) is 0.125. The Morgan fingerprint density at radius 2 is 2.00 bits per heavy atom. The fourth-order valence-electron chi connectivity index (χ4n) is 4.07. The molecular formula is C24H17ClN2O4. The number of aliphatic hydroxyl groups is 1. The number of hydrogen-bond acceptors (Lipinski definition) is 5. The quantitative estimate of drug-likeness (QED) is 0.379. The van der Waals surface area contributed by atoms with Gasteiger partial charge in [-0.15, -0.1) is 0 Å². The summed E-state index contributed by atoms with van der Waals surface area (Å²) in [5, 5.41) is 11.6. The number of fused-ring (bicyclic) bond motifs is 1. The normalized spacial score (nSPS) is 19.4. The molecule has 0 radical (unpaired) electrons. The SMILES string of the molecule is O=C1C(=O)N(c2cccc(Cl)c2)C(c2cccnc2)/C1=C(/O)c1ccc2c(c1)CCO2. The van der Waals surface area contributed by atoms with E-state index in [1.165, 1.54) is 4.90 Å². The van der Waals surface area contributed by atoms with E-state index in [2.05, 4.69) is 4.98 Å². The highest BCUT2D eigenvalue weighted by atomic mass is 35.5. The van der Waals surface area contributed by atoms with Crippen LogP contribution in [0.15, 0.2) is 72.6 Å². The summed E-state index contributed by atoms with van der Waals surface area (Å²) in [5.41, 5.74) is 2.49. The van der Waals surface area contributed by atoms with E-state index in [1.807, 2.05) is 0 Å². The van der Waals surface area contributed by atoms with Crippen molar-refractivity contribution in [3.63, 3.8) is 0 Å². The first-order valence-corrected chi connectivity index (χ1v) is 10.1. The van der Waals surface area contributed by atoms with Crippen LogP contribution < -0.4 is 9.64 Å². The first-order valence-electron chi connectivity index (χ1n) is 9.77. The predicted molar refractivity (Wildman–Crippen MR) is 116 cm³/mol. The lowest BCUT2D eigenvalue weighted by Crippen LogP contribution is -2.29. The van der Waals surface area contributed by atoms with Crippen LogP contribution in [-0.4, -0.2) is 28.4 Å². The van der Waals surface area contributed by atoms with Crippen molar-refractivity contribution in [1.29, 1.82) is 0 Å². The number of benzene rings is 2. The number of carbonyl (C=O) groups excluding carboxylic acids is 2. The summed E-state index contributed by atoms with van der Waals surface area (Å²) in [6.45, 7) is 0.578. The molecule has 1 saturated heterocycles. The van der Waals surface area contributed by atoms with Crippen molar-refractivity contribution >= 4 is 34.7 Å². The van der Waals surface area contributed by atoms with E-state index < -0.39 is 17.7 Å². The Balaban J connectivity index is 1.70. The second-order valence-electron chi connectivity index (χ2n) is 7.36. The van der Waals surface area contributed by atoms with Gasteiger partial charge < -0.3 is 9.84 Å². The molecule has 7 heteroatoms. The largest absolute Gasteiger partial charge is 0.507 e. The monoisotopic (exact) mass is 432 g/mol. The summed E-state index contributed by atoms with van der Waals surface area (Å²) in [4.78, 5) is 31.7. The van der Waals surface area contributed by atoms with E-state index in [9.17, 15) is 14.7 Å². The van der Waals surface area contributed by atoms with Gasteiger partial charge in [-0.3, -0.25) is 19.5 Å². The molecular weight excluding hydrogens is 416 g/mol. The Hall–Kier alpha value is -3.64. The van der Waals surface area contributed by atoms with Crippen LogP contribution in [0.2, 0.25) is 5.02 Å². The lowest BCUT2D eigenvalue weighted by atomic mass is 9.95. The topological polar surface area (TPSA) is 79.7 Å². The summed E-state index contributed by atoms with van der Waals surface area (Å²) < 4.78 is 5.53. The van der Waals surface area contributed by atoms with Gasteiger partial charge in [0, 0.05) is 35.1 Å². The highest BCUT2D eigenvalue weighted by Crippen LogP contribution is 2.42. The minimum atomic E-state index is -0.836. The number of hydrogen-bond donors (Lipinski definition) is 1. The molecule has 2 aliphatic heterocycles. The molecule has 1 fully saturated rings. The van der Waals surface area contributed by atoms with Crippen LogP contribution >= 0.6 is 11.6 Å². The average Bonchev–Trinajstić information content (AvgIpc) is 3.36. The first-order chi connectivity index (χ1) is 15.0. The molecule has 3 aromatic rings. The van der Waals surface area contributed by atoms with Crippen LogP contribution in [-0.2, 0) is 16.0 Å². The summed E-state index contributed by atoms with van der Waals surface area (Å²) in [6, 6.07) is 14.6. The maximum atomic E-state index is 13.1. The molecule has 1 aromatic heterocycles. The Kier molecular flexibility index (Phi) is 4.71. The third kappa shape index (κ3) is 3.25. The van der Waals surface area contributed by atoms with Crippen molar-refractivity contribution in [3.05, 3.63) is 94.3 Å². The molecule has 0 bridgehead atoms. The van der Waals surface area contributed by atoms with E-state index in [-0.39, 0.29) is 11.3 Å². The molecule has 0 saturated carbocycles. The fourth-order valence-corrected chi connectivity index (χ4v) is 4.25. The highest BCUT2D eigenvalue weighted by Gasteiger charge is 2.47. The predicted octanol–water partition coefficient (Wildman–Crippen LogP) is 4.30. The maximum absolute atomic E-state index is 13.1. The molecule has 0 spiro atoms. The van der Waals surface area contributed by atoms with Crippen LogP contribution in [0, 0.1) is 0 Å². The van der Waals surface area contributed by atoms with Gasteiger partial charge in [0.2, 0.25) is 0 Å². The van der Waals surface area contributed by atoms with E-state index in [4.69, 9.17) is 16.3 Å². The maximum Gasteiger partial charge on any atom is 0.300 e. The van der Waals surface area contributed by atoms with Crippen molar-refractivity contribution in [3.8, 4) is 5.75 Å². The van der Waals surface area contributed by atoms with E-state index in [0.29, 0.717) is 28.4 Å². The van der Waals surface area contributed by atoms with Gasteiger partial charge in [0.25, 0.3) is 11.7 Å². The molecule has 1 unspecified atom stereocenters. The Bertz CT molecular complexity index is 1240. The lowest BCUT2D eigenvalue weighted by molar-refractivity contribution is -0.132. The molecule has 3 heterocycles. The second-order valence-corrected chi connectivity index (χ2v) is 7.79. The lowest BCUT2D eigenvalue weighted by Gasteiger charge is -2.25. The zero-order chi connectivity index (χ0) is 21.5. The standard InChI is InChI=1S/C24H17ClN2O4/c25-17-4-1-5-18(12-17)27-21(16-3-2-9-26-13-16)20(23(29)24(27)30)22(28)15-6-7-19-14(11-15)8-10-31-19/h1-7,9,11-13,21,28H,8,10H2/b22-20-. The molecule has 1 atom stereocenters. The number of amides is 1. The molecule has 2 aromatic carbocycles. The number of rotatable bonds is 3. The van der Waals surface area contributed by atoms with Crippen molar-refractivity contribution < 1.29 is 19.4 Å². The van der Waals surface area contributed by atoms with Gasteiger partial charge >= 0.3 is 0 Å². The summed E-state index contributed by atoms with van der Waals surface area (Å²) in [6.07, 6.45) is 3.91. The molecule has 1 amide bonds. The highest BCUT2D eigenvalue weighted by molar-refractivity contribution is 6.51. The smallest absolute Gasteiger partial charge is 0.300 e. The van der Waals surface area contributed by atoms with Crippen LogP contribution in [0.4, 0.5) is 5.69 Å². The second kappa shape index (κ2) is 7.56. The van der Waals surface area contributed by atoms with Crippen LogP contribution in [0.3, 0.4) is 0 Å². The van der Waals surface area contributed by atoms with E-state index in [1.54, 1.807) is 67.0 Å². The minimum Gasteiger partial charge on any atom is -0.507 e. The number of aliphatic hydroxyl groups excluding tert-OH is 1. The van der Waals surface area contributed by atoms with Gasteiger partial charge in [0.05, 0.1) is 18.2 Å². The molecule has 5 rings (SSSR count). The van der Waals surface area contributed by atoms with Gasteiger partial charge in [0.15, 0.2) is 0 Å². The third-order valence-electron chi connectivity index (χ3n) is 5.49. The number of ether oxygens (including phenoxy) is 1. The van der Waals surface area contributed by atoms with Gasteiger partial charge in [-0.05, 0) is 53.6 Å². The Morgan fingerprint density at radius 3 is 2.77 bits per heavy atom. The summed E-state index contributed by atoms with van der Waals surface area (Å²) in [5.74, 6) is -0.962. The zero-order valence-electron chi connectivity index (χ0n) is 16.3. The van der Waals surface area contributed by atoms with Crippen molar-refractivity contribution in [2.45, 2.75) is 12.5 Å². The van der Waals surface area contributed by atoms with Gasteiger partial charge in [0.1, 0.15) is 11.5 Å². The number of carbonyl (C=O) groups is 2. The Morgan fingerprint density at radius 1 is 1.13 bits per heavy atom. The number of anilines is 1. The molecule has 6 nitrogen and oxygen atoms in total. The molecule has 31 heavy (non-hydrogen) atoms. The number of Topliss-reactive ketones (excluding diaryl/α,β-unsaturated/α-hetero) is 1. The number of aromatic nitrogens is 1. The number of pyridine rings is 1. The van der Waals surface area contributed by atoms with Gasteiger partial charge in [-0.1, -0.05) is 23.7 Å². The summed E-state index contributed by atoms with van der Waals surface area (Å²) in [7, 11) is 0. The van der Waals surface area contributed by atoms with Gasteiger partial charge in [-0.25, -0.2) is 0 Å². The molecule has 2 aliphatic rings. The number of nitrogens with zero attached hydrogens (tertiary/aromatic N) is 2. The van der Waals surface area contributed by atoms with Crippen molar-refractivity contribution in [2.75, 3.05) is 11.5 Å². The molecule has 154 valence electrons. The van der Waals surface area contributed by atoms with E-state index >= 15 is 0 Å². The molecule has 0 aliphatic carbocycles. The zero-order valence-corrected chi connectivity index (χ0v) is 17.0. The van der Waals surface area contributed by atoms with Crippen molar-refractivity contribution in [2.24, 2.45) is 0 Å². The van der Waals surface area contributed by atoms with E-state index in [0.717, 1.165) is 17.7 Å². The number of halogens is 1. The van der Waals surface area contributed by atoms with Crippen LogP contribution in [0.1, 0.15) is 22.7 Å². The summed E-state index contributed by atoms with van der Waals surface area (Å²) >= 11 is 6.14.